The summed E-state index contributed by atoms with van der Waals surface area (Å²) in [6, 6.07) is 23.3. The standard InChI is InChI=1S/C26H22NS.C5H8O2.Ir/c1-16-9-10-20-23(13-16)28-22-11-12-27-25(24(20)22)18-14-17-7-5-6-8-19(17)21(15-18)26(2,3)4;1-4(6)3-5(2)7;/h5-13,15H,1-4H3;3,6H,1-2H3;/q-1;;/b;4-3-;. The zero-order valence-electron chi connectivity index (χ0n) is 21.4. The fraction of sp³-hybridized carbons (Fsp3) is 0.226. The van der Waals surface area contributed by atoms with Crippen LogP contribution in [0.15, 0.2) is 72.6 Å². The van der Waals surface area contributed by atoms with Gasteiger partial charge in [-0.1, -0.05) is 62.1 Å². The molecular formula is C31H30IrNO2S-. The normalized spacial score (nSPS) is 11.8. The van der Waals surface area contributed by atoms with Crippen molar-refractivity contribution in [3.8, 4) is 11.3 Å². The van der Waals surface area contributed by atoms with Crippen molar-refractivity contribution in [2.45, 2.75) is 47.0 Å². The largest absolute Gasteiger partial charge is 0.512 e. The van der Waals surface area contributed by atoms with Gasteiger partial charge in [0.25, 0.3) is 0 Å². The predicted octanol–water partition coefficient (Wildman–Crippen LogP) is 8.71. The summed E-state index contributed by atoms with van der Waals surface area (Å²) >= 11 is 1.84. The number of hydrogen-bond acceptors (Lipinski definition) is 4. The minimum Gasteiger partial charge on any atom is -0.512 e. The summed E-state index contributed by atoms with van der Waals surface area (Å²) in [5, 5.41) is 13.3. The summed E-state index contributed by atoms with van der Waals surface area (Å²) in [7, 11) is 0. The molecule has 3 aromatic carbocycles. The van der Waals surface area contributed by atoms with Crippen molar-refractivity contribution >= 4 is 48.1 Å². The number of benzene rings is 3. The molecule has 0 saturated heterocycles. The Balaban J connectivity index is 0.000000400. The van der Waals surface area contributed by atoms with Gasteiger partial charge in [0, 0.05) is 47.5 Å². The Kier molecular flexibility index (Phi) is 8.51. The van der Waals surface area contributed by atoms with Crippen LogP contribution in [0.5, 0.6) is 0 Å². The maximum absolute atomic E-state index is 10.0. The summed E-state index contributed by atoms with van der Waals surface area (Å²) in [6.45, 7) is 11.8. The van der Waals surface area contributed by atoms with E-state index in [1.807, 2.05) is 17.5 Å². The van der Waals surface area contributed by atoms with Crippen molar-refractivity contribution in [3.63, 3.8) is 0 Å². The van der Waals surface area contributed by atoms with E-state index in [0.29, 0.717) is 0 Å². The number of aromatic nitrogens is 1. The number of aliphatic hydroxyl groups excluding tert-OH is 1. The first-order valence-electron chi connectivity index (χ1n) is 11.7. The van der Waals surface area contributed by atoms with Gasteiger partial charge < -0.3 is 5.11 Å². The molecule has 5 rings (SSSR count). The van der Waals surface area contributed by atoms with Crippen molar-refractivity contribution in [1.29, 1.82) is 0 Å². The van der Waals surface area contributed by atoms with Gasteiger partial charge in [-0.25, -0.2) is 0 Å². The van der Waals surface area contributed by atoms with Crippen LogP contribution in [0, 0.1) is 13.0 Å². The van der Waals surface area contributed by atoms with E-state index in [1.54, 1.807) is 0 Å². The van der Waals surface area contributed by atoms with Crippen LogP contribution in [0.1, 0.15) is 45.7 Å². The van der Waals surface area contributed by atoms with E-state index in [4.69, 9.17) is 10.1 Å². The zero-order chi connectivity index (χ0) is 25.3. The number of allylic oxidation sites excluding steroid dienone is 2. The molecule has 36 heavy (non-hydrogen) atoms. The minimum atomic E-state index is -0.125. The molecule has 2 aromatic heterocycles. The molecule has 0 aliphatic rings. The molecular weight excluding hydrogens is 643 g/mol. The molecule has 1 N–H and O–H groups in total. The van der Waals surface area contributed by atoms with Crippen molar-refractivity contribution in [2.75, 3.05) is 0 Å². The quantitative estimate of drug-likeness (QED) is 0.116. The molecule has 5 heteroatoms. The third-order valence-corrected chi connectivity index (χ3v) is 6.91. The SMILES string of the molecule is CC(=O)/C=C(/C)O.Cc1ccc2c(c1)sc1ccnc(-c3[c-]c4ccccc4c(C(C)(C)C)c3)c12.[Ir]. The molecule has 0 fully saturated rings. The molecule has 0 unspecified atom stereocenters. The molecule has 0 aliphatic carbocycles. The van der Waals surface area contributed by atoms with Gasteiger partial charge >= 0.3 is 0 Å². The zero-order valence-corrected chi connectivity index (χ0v) is 24.6. The molecule has 0 aliphatic heterocycles. The second-order valence-corrected chi connectivity index (χ2v) is 11.0. The number of thiophene rings is 1. The van der Waals surface area contributed by atoms with E-state index in [2.05, 4.69) is 88.4 Å². The number of rotatable bonds is 2. The minimum absolute atomic E-state index is 0. The molecule has 5 aromatic rings. The monoisotopic (exact) mass is 673 g/mol. The first-order chi connectivity index (χ1) is 16.5. The first kappa shape index (κ1) is 27.7. The average molecular weight is 673 g/mol. The van der Waals surface area contributed by atoms with E-state index >= 15 is 0 Å². The molecule has 0 spiro atoms. The second-order valence-electron chi connectivity index (χ2n) is 9.92. The van der Waals surface area contributed by atoms with E-state index in [-0.39, 0.29) is 37.1 Å². The van der Waals surface area contributed by atoms with Gasteiger partial charge in [-0.2, -0.15) is 0 Å². The summed E-state index contributed by atoms with van der Waals surface area (Å²) in [6.07, 6.45) is 3.10. The fourth-order valence-corrected chi connectivity index (χ4v) is 5.50. The molecule has 0 atom stereocenters. The van der Waals surface area contributed by atoms with Gasteiger partial charge in [-0.05, 0) is 54.7 Å². The van der Waals surface area contributed by atoms with Crippen LogP contribution in [0.4, 0.5) is 0 Å². The van der Waals surface area contributed by atoms with Crippen molar-refractivity contribution in [2.24, 2.45) is 0 Å². The number of aliphatic hydroxyl groups is 1. The van der Waals surface area contributed by atoms with Crippen LogP contribution in [0.2, 0.25) is 0 Å². The van der Waals surface area contributed by atoms with Gasteiger partial charge in [0.05, 0.1) is 5.76 Å². The number of hydrogen-bond donors (Lipinski definition) is 1. The van der Waals surface area contributed by atoms with Crippen LogP contribution in [0.25, 0.3) is 42.2 Å². The van der Waals surface area contributed by atoms with Crippen molar-refractivity contribution in [3.05, 3.63) is 89.8 Å². The smallest absolute Gasteiger partial charge is 0.155 e. The molecule has 187 valence electrons. The van der Waals surface area contributed by atoms with Gasteiger partial charge in [0.2, 0.25) is 0 Å². The Morgan fingerprint density at radius 3 is 2.36 bits per heavy atom. The molecule has 3 nitrogen and oxygen atoms in total. The third-order valence-electron chi connectivity index (χ3n) is 5.79. The average Bonchev–Trinajstić information content (AvgIpc) is 3.14. The van der Waals surface area contributed by atoms with Crippen LogP contribution >= 0.6 is 11.3 Å². The van der Waals surface area contributed by atoms with Crippen molar-refractivity contribution in [1.82, 2.24) is 4.98 Å². The number of aryl methyl sites for hydroxylation is 1. The first-order valence-corrected chi connectivity index (χ1v) is 12.5. The third kappa shape index (κ3) is 5.92. The van der Waals surface area contributed by atoms with Crippen LogP contribution < -0.4 is 0 Å². The summed E-state index contributed by atoms with van der Waals surface area (Å²) < 4.78 is 2.60. The summed E-state index contributed by atoms with van der Waals surface area (Å²) in [5.74, 6) is -0.0625. The maximum atomic E-state index is 10.0. The Bertz CT molecular complexity index is 1590. The predicted molar refractivity (Wildman–Crippen MR) is 149 cm³/mol. The number of nitrogens with zero attached hydrogens (tertiary/aromatic N) is 1. The molecule has 2 heterocycles. The van der Waals surface area contributed by atoms with Gasteiger partial charge in [-0.15, -0.1) is 40.5 Å². The fourth-order valence-electron chi connectivity index (χ4n) is 4.31. The summed E-state index contributed by atoms with van der Waals surface area (Å²) in [4.78, 5) is 14.8. The Morgan fingerprint density at radius 1 is 1.00 bits per heavy atom. The number of fused-ring (bicyclic) bond motifs is 4. The Morgan fingerprint density at radius 2 is 1.72 bits per heavy atom. The van der Waals surface area contributed by atoms with E-state index in [0.717, 1.165) is 16.6 Å². The second kappa shape index (κ2) is 11.0. The van der Waals surface area contributed by atoms with E-state index < -0.39 is 0 Å². The van der Waals surface area contributed by atoms with Crippen LogP contribution in [-0.2, 0) is 30.3 Å². The number of carbonyl (C=O) groups excluding carboxylic acids is 1. The van der Waals surface area contributed by atoms with Gasteiger partial charge in [0.1, 0.15) is 0 Å². The Labute approximate surface area is 230 Å². The van der Waals surface area contributed by atoms with Gasteiger partial charge in [0.15, 0.2) is 5.78 Å². The maximum Gasteiger partial charge on any atom is 0.155 e. The van der Waals surface area contributed by atoms with Crippen LogP contribution in [-0.4, -0.2) is 15.9 Å². The van der Waals surface area contributed by atoms with E-state index in [9.17, 15) is 4.79 Å². The number of carbonyl (C=O) groups is 1. The molecule has 0 bridgehead atoms. The van der Waals surface area contributed by atoms with Gasteiger partial charge in [-0.3, -0.25) is 9.78 Å². The van der Waals surface area contributed by atoms with Crippen molar-refractivity contribution < 1.29 is 30.0 Å². The van der Waals surface area contributed by atoms with Crippen LogP contribution in [0.3, 0.4) is 0 Å². The summed E-state index contributed by atoms with van der Waals surface area (Å²) in [5.41, 5.74) is 4.79. The molecule has 0 amide bonds. The number of pyridine rings is 1. The van der Waals surface area contributed by atoms with E-state index in [1.165, 1.54) is 56.6 Å². The Hall–Kier alpha value is -2.85. The number of ketones is 1. The topological polar surface area (TPSA) is 50.2 Å². The molecule has 0 saturated carbocycles. The molecule has 1 radical (unpaired) electrons.